The monoisotopic (exact) mass is 398 g/mol. The van der Waals surface area contributed by atoms with E-state index in [1.807, 2.05) is 41.3 Å². The molecule has 146 valence electrons. The molecule has 2 amide bonds. The topological polar surface area (TPSA) is 82.7 Å². The number of benzene rings is 2. The molecule has 0 bridgehead atoms. The van der Waals surface area contributed by atoms with Crippen LogP contribution in [-0.2, 0) is 6.42 Å². The molecule has 0 saturated carbocycles. The van der Waals surface area contributed by atoms with Gasteiger partial charge in [0.2, 0.25) is 0 Å². The molecule has 28 heavy (non-hydrogen) atoms. The fourth-order valence-electron chi connectivity index (χ4n) is 3.29. The van der Waals surface area contributed by atoms with Gasteiger partial charge in [-0.15, -0.1) is 0 Å². The molecular formula is C21H23ClN4O2. The van der Waals surface area contributed by atoms with Crippen LogP contribution in [0, 0.1) is 5.41 Å². The summed E-state index contributed by atoms with van der Waals surface area (Å²) in [4.78, 5) is 16.4. The Bertz CT molecular complexity index is 913. The van der Waals surface area contributed by atoms with Crippen LogP contribution in [0.2, 0.25) is 5.02 Å². The molecule has 3 N–H and O–H groups in total. The molecule has 7 heteroatoms. The second-order valence-corrected chi connectivity index (χ2v) is 6.82. The van der Waals surface area contributed by atoms with E-state index in [-0.39, 0.29) is 6.03 Å². The number of hydrogen-bond donors (Lipinski definition) is 2. The maximum Gasteiger partial charge on any atom is 0.324 e. The minimum Gasteiger partial charge on any atom is -0.496 e. The van der Waals surface area contributed by atoms with Crippen LogP contribution in [0.1, 0.15) is 11.1 Å². The zero-order chi connectivity index (χ0) is 20.1. The van der Waals surface area contributed by atoms with Crippen molar-refractivity contribution in [2.75, 3.05) is 31.6 Å². The Kier molecular flexibility index (Phi) is 6.21. The maximum atomic E-state index is 12.9. The molecule has 3 rings (SSSR count). The van der Waals surface area contributed by atoms with Gasteiger partial charge in [-0.1, -0.05) is 29.8 Å². The first-order valence-electron chi connectivity index (χ1n) is 8.99. The SMILES string of the molecule is COc1cc(N2CCN(CCc3ccccc3Cl)C2=O)ccc1/C(C=N)=C/N. The van der Waals surface area contributed by atoms with Gasteiger partial charge in [0.15, 0.2) is 0 Å². The number of halogens is 1. The summed E-state index contributed by atoms with van der Waals surface area (Å²) in [5.74, 6) is 0.569. The number of nitrogens with zero attached hydrogens (tertiary/aromatic N) is 2. The Morgan fingerprint density at radius 1 is 1.29 bits per heavy atom. The van der Waals surface area contributed by atoms with Crippen molar-refractivity contribution >= 4 is 35.1 Å². The van der Waals surface area contributed by atoms with Crippen LogP contribution in [-0.4, -0.2) is 43.9 Å². The summed E-state index contributed by atoms with van der Waals surface area (Å²) in [5.41, 5.74) is 8.64. The first-order valence-corrected chi connectivity index (χ1v) is 9.37. The number of carbonyl (C=O) groups is 1. The fraction of sp³-hybridized carbons (Fsp3) is 0.238. The largest absolute Gasteiger partial charge is 0.496 e. The quantitative estimate of drug-likeness (QED) is 0.696. The van der Waals surface area contributed by atoms with Gasteiger partial charge in [0.05, 0.1) is 7.11 Å². The Morgan fingerprint density at radius 2 is 2.07 bits per heavy atom. The second kappa shape index (κ2) is 8.80. The molecule has 0 unspecified atom stereocenters. The van der Waals surface area contributed by atoms with Crippen LogP contribution in [0.3, 0.4) is 0 Å². The summed E-state index contributed by atoms with van der Waals surface area (Å²) in [5, 5.41) is 8.19. The maximum absolute atomic E-state index is 12.9. The van der Waals surface area contributed by atoms with Crippen LogP contribution >= 0.6 is 11.6 Å². The van der Waals surface area contributed by atoms with E-state index in [9.17, 15) is 4.79 Å². The molecule has 2 aromatic rings. The summed E-state index contributed by atoms with van der Waals surface area (Å²) in [6, 6.07) is 13.1. The van der Waals surface area contributed by atoms with E-state index in [1.54, 1.807) is 18.1 Å². The Balaban J connectivity index is 1.74. The van der Waals surface area contributed by atoms with Crippen molar-refractivity contribution in [1.29, 1.82) is 5.41 Å². The van der Waals surface area contributed by atoms with E-state index in [0.717, 1.165) is 16.3 Å². The van der Waals surface area contributed by atoms with Gasteiger partial charge < -0.3 is 20.8 Å². The van der Waals surface area contributed by atoms with Gasteiger partial charge >= 0.3 is 6.03 Å². The molecule has 6 nitrogen and oxygen atoms in total. The number of anilines is 1. The number of nitrogens with two attached hydrogens (primary N) is 1. The highest BCUT2D eigenvalue weighted by molar-refractivity contribution is 6.31. The summed E-state index contributed by atoms with van der Waals surface area (Å²) in [7, 11) is 1.56. The number of allylic oxidation sites excluding steroid dienone is 1. The number of rotatable bonds is 7. The minimum absolute atomic E-state index is 0.0384. The van der Waals surface area contributed by atoms with Crippen LogP contribution in [0.25, 0.3) is 5.57 Å². The van der Waals surface area contributed by atoms with Crippen LogP contribution in [0.4, 0.5) is 10.5 Å². The van der Waals surface area contributed by atoms with E-state index in [1.165, 1.54) is 12.4 Å². The highest BCUT2D eigenvalue weighted by Gasteiger charge is 2.29. The van der Waals surface area contributed by atoms with Crippen molar-refractivity contribution in [2.24, 2.45) is 5.73 Å². The standard InChI is InChI=1S/C21H23ClN4O2/c1-28-20-12-17(6-7-18(20)16(13-23)14-24)26-11-10-25(21(26)27)9-8-15-4-2-3-5-19(15)22/h2-7,12-14,23H,8-11,24H2,1H3/b16-14+,23-13?. The van der Waals surface area contributed by atoms with Crippen molar-refractivity contribution < 1.29 is 9.53 Å². The molecule has 0 radical (unpaired) electrons. The van der Waals surface area contributed by atoms with Crippen LogP contribution in [0.15, 0.2) is 48.7 Å². The summed E-state index contributed by atoms with van der Waals surface area (Å²) < 4.78 is 5.44. The number of carbonyl (C=O) groups excluding carboxylic acids is 1. The zero-order valence-corrected chi connectivity index (χ0v) is 16.4. The third-order valence-corrected chi connectivity index (χ3v) is 5.22. The van der Waals surface area contributed by atoms with E-state index >= 15 is 0 Å². The van der Waals surface area contributed by atoms with Gasteiger partial charge in [0.25, 0.3) is 0 Å². The molecule has 0 aliphatic carbocycles. The summed E-state index contributed by atoms with van der Waals surface area (Å²) in [6.07, 6.45) is 3.25. The lowest BCUT2D eigenvalue weighted by Gasteiger charge is -2.20. The van der Waals surface area contributed by atoms with Gasteiger partial charge in [0.1, 0.15) is 5.75 Å². The summed E-state index contributed by atoms with van der Waals surface area (Å²) >= 11 is 6.21. The predicted octanol–water partition coefficient (Wildman–Crippen LogP) is 3.78. The molecular weight excluding hydrogens is 376 g/mol. The smallest absolute Gasteiger partial charge is 0.324 e. The normalized spacial score (nSPS) is 14.5. The third-order valence-electron chi connectivity index (χ3n) is 4.85. The Morgan fingerprint density at radius 3 is 2.75 bits per heavy atom. The zero-order valence-electron chi connectivity index (χ0n) is 15.7. The number of amides is 2. The molecule has 1 saturated heterocycles. The van der Waals surface area contributed by atoms with E-state index in [4.69, 9.17) is 27.5 Å². The molecule has 0 atom stereocenters. The average molecular weight is 399 g/mol. The van der Waals surface area contributed by atoms with E-state index in [0.29, 0.717) is 42.9 Å². The van der Waals surface area contributed by atoms with Crippen LogP contribution < -0.4 is 15.4 Å². The van der Waals surface area contributed by atoms with Crippen molar-refractivity contribution in [3.63, 3.8) is 0 Å². The van der Waals surface area contributed by atoms with E-state index in [2.05, 4.69) is 0 Å². The van der Waals surface area contributed by atoms with Gasteiger partial charge in [-0.3, -0.25) is 4.90 Å². The highest BCUT2D eigenvalue weighted by Crippen LogP contribution is 2.31. The first-order chi connectivity index (χ1) is 13.6. The lowest BCUT2D eigenvalue weighted by molar-refractivity contribution is 0.221. The van der Waals surface area contributed by atoms with Gasteiger partial charge in [-0.05, 0) is 30.2 Å². The van der Waals surface area contributed by atoms with Gasteiger partial charge in [-0.25, -0.2) is 4.79 Å². The second-order valence-electron chi connectivity index (χ2n) is 6.41. The Hall–Kier alpha value is -2.99. The molecule has 2 aromatic carbocycles. The first kappa shape index (κ1) is 19.8. The molecule has 0 spiro atoms. The lowest BCUT2D eigenvalue weighted by Crippen LogP contribution is -2.33. The molecule has 0 aromatic heterocycles. The number of methoxy groups -OCH3 is 1. The van der Waals surface area contributed by atoms with Crippen LogP contribution in [0.5, 0.6) is 5.75 Å². The summed E-state index contributed by atoms with van der Waals surface area (Å²) in [6.45, 7) is 1.87. The van der Waals surface area contributed by atoms with Crippen molar-refractivity contribution in [1.82, 2.24) is 4.90 Å². The minimum atomic E-state index is -0.0384. The molecule has 1 fully saturated rings. The number of urea groups is 1. The predicted molar refractivity (Wildman–Crippen MR) is 113 cm³/mol. The third kappa shape index (κ3) is 3.97. The van der Waals surface area contributed by atoms with Crippen molar-refractivity contribution in [2.45, 2.75) is 6.42 Å². The number of hydrogen-bond acceptors (Lipinski definition) is 4. The van der Waals surface area contributed by atoms with Gasteiger partial charge in [-0.2, -0.15) is 0 Å². The number of ether oxygens (including phenoxy) is 1. The fourth-order valence-corrected chi connectivity index (χ4v) is 3.52. The average Bonchev–Trinajstić information content (AvgIpc) is 3.09. The lowest BCUT2D eigenvalue weighted by atomic mass is 10.1. The molecule has 1 heterocycles. The molecule has 1 aliphatic heterocycles. The van der Waals surface area contributed by atoms with Gasteiger partial charge in [0, 0.05) is 60.0 Å². The Labute approximate surface area is 169 Å². The van der Waals surface area contributed by atoms with Crippen molar-refractivity contribution in [3.8, 4) is 5.75 Å². The number of nitrogens with one attached hydrogen (secondary N) is 1. The molecule has 1 aliphatic rings. The van der Waals surface area contributed by atoms with Crippen molar-refractivity contribution in [3.05, 3.63) is 64.8 Å². The highest BCUT2D eigenvalue weighted by atomic mass is 35.5. The van der Waals surface area contributed by atoms with E-state index < -0.39 is 0 Å².